The fourth-order valence-electron chi connectivity index (χ4n) is 2.52. The van der Waals surface area contributed by atoms with Crippen molar-refractivity contribution in [3.63, 3.8) is 0 Å². The smallest absolute Gasteiger partial charge is 0.479 e. The lowest BCUT2D eigenvalue weighted by atomic mass is 9.81. The van der Waals surface area contributed by atoms with Crippen LogP contribution < -0.4 is 4.18 Å². The molecule has 2 rings (SSSR count). The van der Waals surface area contributed by atoms with E-state index in [1.54, 1.807) is 0 Å². The molecule has 1 aromatic rings. The lowest BCUT2D eigenvalue weighted by Gasteiger charge is -2.27. The van der Waals surface area contributed by atoms with Crippen LogP contribution in [-0.2, 0) is 14.9 Å². The molecule has 1 aliphatic rings. The van der Waals surface area contributed by atoms with Crippen molar-refractivity contribution < 1.29 is 40.1 Å². The van der Waals surface area contributed by atoms with Gasteiger partial charge in [0, 0.05) is 5.92 Å². The lowest BCUT2D eigenvalue weighted by Crippen LogP contribution is -2.38. The standard InChI is InChI=1S/C14H14F4O5S/c1-13(15,12(19)20)11(8-5-6-8)9-3-2-4-10(7-9)23-24(21,22)14(16,17)18/h2-4,7-8,11H,5-6H2,1H3,(H,19,20). The average Bonchev–Trinajstić information content (AvgIpc) is 3.21. The summed E-state index contributed by atoms with van der Waals surface area (Å²) < 4.78 is 77.7. The molecule has 1 N–H and O–H groups in total. The van der Waals surface area contributed by atoms with Gasteiger partial charge in [0.25, 0.3) is 0 Å². The van der Waals surface area contributed by atoms with Gasteiger partial charge in [0.2, 0.25) is 5.67 Å². The number of halogens is 4. The number of aliphatic carboxylic acids is 1. The third-order valence-electron chi connectivity index (χ3n) is 3.80. The largest absolute Gasteiger partial charge is 0.534 e. The van der Waals surface area contributed by atoms with E-state index in [2.05, 4.69) is 4.18 Å². The molecule has 134 valence electrons. The fourth-order valence-corrected chi connectivity index (χ4v) is 2.98. The van der Waals surface area contributed by atoms with E-state index in [9.17, 15) is 30.8 Å². The first-order valence-electron chi connectivity index (χ1n) is 6.89. The van der Waals surface area contributed by atoms with Crippen molar-refractivity contribution in [2.24, 2.45) is 5.92 Å². The molecule has 0 radical (unpaired) electrons. The fraction of sp³-hybridized carbons (Fsp3) is 0.500. The van der Waals surface area contributed by atoms with Crippen LogP contribution in [0, 0.1) is 5.92 Å². The topological polar surface area (TPSA) is 80.7 Å². The minimum atomic E-state index is -5.86. The van der Waals surface area contributed by atoms with Crippen molar-refractivity contribution in [2.75, 3.05) is 0 Å². The van der Waals surface area contributed by atoms with Gasteiger partial charge in [0.1, 0.15) is 5.75 Å². The Morgan fingerprint density at radius 1 is 1.29 bits per heavy atom. The Morgan fingerprint density at radius 3 is 2.33 bits per heavy atom. The molecule has 0 amide bonds. The summed E-state index contributed by atoms with van der Waals surface area (Å²) in [5, 5.41) is 9.06. The molecule has 2 unspecified atom stereocenters. The molecular weight excluding hydrogens is 356 g/mol. The third kappa shape index (κ3) is 3.63. The molecule has 2 atom stereocenters. The van der Waals surface area contributed by atoms with Crippen molar-refractivity contribution >= 4 is 16.1 Å². The van der Waals surface area contributed by atoms with E-state index in [1.165, 1.54) is 12.1 Å². The van der Waals surface area contributed by atoms with Crippen molar-refractivity contribution in [1.29, 1.82) is 0 Å². The second kappa shape index (κ2) is 5.91. The molecule has 1 aliphatic carbocycles. The van der Waals surface area contributed by atoms with E-state index >= 15 is 0 Å². The molecule has 1 fully saturated rings. The number of alkyl halides is 4. The van der Waals surface area contributed by atoms with Gasteiger partial charge in [-0.3, -0.25) is 0 Å². The van der Waals surface area contributed by atoms with Crippen molar-refractivity contribution in [1.82, 2.24) is 0 Å². The Balaban J connectivity index is 2.37. The van der Waals surface area contributed by atoms with E-state index in [0.29, 0.717) is 12.8 Å². The van der Waals surface area contributed by atoms with Crippen molar-refractivity contribution in [3.05, 3.63) is 29.8 Å². The van der Waals surface area contributed by atoms with Crippen LogP contribution in [0.25, 0.3) is 0 Å². The first kappa shape index (κ1) is 18.5. The van der Waals surface area contributed by atoms with Gasteiger partial charge in [-0.1, -0.05) is 12.1 Å². The molecule has 0 aromatic heterocycles. The molecule has 24 heavy (non-hydrogen) atoms. The Hall–Kier alpha value is -1.84. The molecule has 10 heteroatoms. The Labute approximate surface area is 135 Å². The summed E-state index contributed by atoms with van der Waals surface area (Å²) in [5.74, 6) is -3.76. The molecule has 0 heterocycles. The van der Waals surface area contributed by atoms with E-state index < -0.39 is 38.9 Å². The molecule has 5 nitrogen and oxygen atoms in total. The maximum atomic E-state index is 14.6. The van der Waals surface area contributed by atoms with Crippen LogP contribution in [0.3, 0.4) is 0 Å². The molecule has 0 saturated heterocycles. The maximum absolute atomic E-state index is 14.6. The molecule has 0 aliphatic heterocycles. The number of carboxylic acid groups (broad SMARTS) is 1. The van der Waals surface area contributed by atoms with E-state index in [4.69, 9.17) is 5.11 Å². The van der Waals surface area contributed by atoms with E-state index in [-0.39, 0.29) is 11.5 Å². The van der Waals surface area contributed by atoms with Crippen LogP contribution in [0.15, 0.2) is 24.3 Å². The third-order valence-corrected chi connectivity index (χ3v) is 4.78. The summed E-state index contributed by atoms with van der Waals surface area (Å²) in [6.45, 7) is 0.873. The van der Waals surface area contributed by atoms with Crippen molar-refractivity contribution in [3.8, 4) is 5.75 Å². The summed E-state index contributed by atoms with van der Waals surface area (Å²) in [5.41, 5.74) is -8.18. The second-order valence-corrected chi connectivity index (χ2v) is 7.29. The Morgan fingerprint density at radius 2 is 1.88 bits per heavy atom. The summed E-state index contributed by atoms with van der Waals surface area (Å²) in [6, 6.07) is 4.40. The van der Waals surface area contributed by atoms with Gasteiger partial charge in [0.05, 0.1) is 0 Å². The van der Waals surface area contributed by atoms with E-state index in [0.717, 1.165) is 19.1 Å². The number of hydrogen-bond donors (Lipinski definition) is 1. The highest BCUT2D eigenvalue weighted by Crippen LogP contribution is 2.50. The van der Waals surface area contributed by atoms with Gasteiger partial charge in [-0.05, 0) is 43.4 Å². The summed E-state index contributed by atoms with van der Waals surface area (Å²) >= 11 is 0. The highest BCUT2D eigenvalue weighted by atomic mass is 32.2. The molecule has 1 aromatic carbocycles. The molecule has 1 saturated carbocycles. The predicted octanol–water partition coefficient (Wildman–Crippen LogP) is 3.22. The summed E-state index contributed by atoms with van der Waals surface area (Å²) in [4.78, 5) is 11.2. The number of carboxylic acids is 1. The van der Waals surface area contributed by atoms with Crippen LogP contribution in [0.4, 0.5) is 17.6 Å². The Bertz CT molecular complexity index is 738. The SMILES string of the molecule is CC(F)(C(=O)O)C(c1cccc(OS(=O)(=O)C(F)(F)F)c1)C1CC1. The highest BCUT2D eigenvalue weighted by molar-refractivity contribution is 7.88. The Kier molecular flexibility index (Phi) is 4.55. The number of carbonyl (C=O) groups is 1. The van der Waals surface area contributed by atoms with E-state index in [1.807, 2.05) is 0 Å². The zero-order valence-corrected chi connectivity index (χ0v) is 13.2. The van der Waals surface area contributed by atoms with Crippen LogP contribution in [0.5, 0.6) is 5.75 Å². The quantitative estimate of drug-likeness (QED) is 0.472. The normalized spacial score (nSPS) is 19.4. The van der Waals surface area contributed by atoms with Crippen LogP contribution in [0.1, 0.15) is 31.2 Å². The summed E-state index contributed by atoms with van der Waals surface area (Å²) in [6.07, 6.45) is 1.15. The van der Waals surface area contributed by atoms with Gasteiger partial charge in [0.15, 0.2) is 0 Å². The van der Waals surface area contributed by atoms with Crippen LogP contribution in [-0.4, -0.2) is 30.7 Å². The zero-order valence-electron chi connectivity index (χ0n) is 12.4. The molecular formula is C14H14F4O5S. The minimum Gasteiger partial charge on any atom is -0.479 e. The van der Waals surface area contributed by atoms with Gasteiger partial charge < -0.3 is 9.29 Å². The van der Waals surface area contributed by atoms with Gasteiger partial charge >= 0.3 is 21.6 Å². The first-order valence-corrected chi connectivity index (χ1v) is 8.30. The zero-order chi connectivity index (χ0) is 18.3. The van der Waals surface area contributed by atoms with Gasteiger partial charge in [-0.25, -0.2) is 9.18 Å². The molecule has 0 bridgehead atoms. The monoisotopic (exact) mass is 370 g/mol. The average molecular weight is 370 g/mol. The van der Waals surface area contributed by atoms with Crippen LogP contribution in [0.2, 0.25) is 0 Å². The van der Waals surface area contributed by atoms with Gasteiger partial charge in [-0.2, -0.15) is 21.6 Å². The van der Waals surface area contributed by atoms with Crippen molar-refractivity contribution in [2.45, 2.75) is 36.9 Å². The highest BCUT2D eigenvalue weighted by Gasteiger charge is 2.51. The second-order valence-electron chi connectivity index (χ2n) is 5.75. The molecule has 0 spiro atoms. The number of benzene rings is 1. The minimum absolute atomic E-state index is 0.0692. The maximum Gasteiger partial charge on any atom is 0.534 e. The van der Waals surface area contributed by atoms with Gasteiger partial charge in [-0.15, -0.1) is 0 Å². The van der Waals surface area contributed by atoms with Crippen LogP contribution >= 0.6 is 0 Å². The first-order chi connectivity index (χ1) is 10.9. The predicted molar refractivity (Wildman–Crippen MR) is 74.7 cm³/mol. The number of hydrogen-bond acceptors (Lipinski definition) is 4. The summed E-state index contributed by atoms with van der Waals surface area (Å²) in [7, 11) is -5.86. The number of rotatable bonds is 6. The lowest BCUT2D eigenvalue weighted by molar-refractivity contribution is -0.151.